The lowest BCUT2D eigenvalue weighted by Gasteiger charge is -2.23. The van der Waals surface area contributed by atoms with Gasteiger partial charge in [-0.2, -0.15) is 0 Å². The van der Waals surface area contributed by atoms with E-state index in [9.17, 15) is 4.79 Å². The minimum absolute atomic E-state index is 0. The Bertz CT molecular complexity index is 414. The van der Waals surface area contributed by atoms with Crippen molar-refractivity contribution in [1.29, 1.82) is 0 Å². The molecule has 2 rings (SSSR count). The van der Waals surface area contributed by atoms with E-state index in [1.54, 1.807) is 0 Å². The number of carbonyl (C=O) groups excluding carboxylic acids is 1. The van der Waals surface area contributed by atoms with Gasteiger partial charge in [0, 0.05) is 5.69 Å². The fourth-order valence-corrected chi connectivity index (χ4v) is 2.18. The molecule has 1 saturated heterocycles. The second kappa shape index (κ2) is 6.76. The fraction of sp³-hybridized carbons (Fsp3) is 0.500. The van der Waals surface area contributed by atoms with Crippen molar-refractivity contribution < 1.29 is 4.79 Å². The van der Waals surface area contributed by atoms with Crippen LogP contribution in [0.25, 0.3) is 0 Å². The lowest BCUT2D eigenvalue weighted by Crippen LogP contribution is -2.43. The molecule has 0 aromatic heterocycles. The van der Waals surface area contributed by atoms with Crippen LogP contribution in [0, 0.1) is 13.8 Å². The van der Waals surface area contributed by atoms with Crippen molar-refractivity contribution in [2.75, 3.05) is 11.9 Å². The summed E-state index contributed by atoms with van der Waals surface area (Å²) in [4.78, 5) is 12.1. The van der Waals surface area contributed by atoms with Crippen molar-refractivity contribution in [3.63, 3.8) is 0 Å². The molecule has 1 fully saturated rings. The summed E-state index contributed by atoms with van der Waals surface area (Å²) in [5.41, 5.74) is 3.29. The van der Waals surface area contributed by atoms with Gasteiger partial charge in [-0.25, -0.2) is 0 Å². The van der Waals surface area contributed by atoms with Crippen LogP contribution in [0.15, 0.2) is 18.2 Å². The van der Waals surface area contributed by atoms with E-state index in [4.69, 9.17) is 0 Å². The zero-order valence-electron chi connectivity index (χ0n) is 11.0. The Hall–Kier alpha value is -1.06. The molecule has 0 bridgehead atoms. The van der Waals surface area contributed by atoms with E-state index in [-0.39, 0.29) is 24.4 Å². The Kier molecular flexibility index (Phi) is 5.63. The molecule has 0 aliphatic carbocycles. The number of nitrogens with one attached hydrogen (secondary N) is 2. The molecule has 2 N–H and O–H groups in total. The summed E-state index contributed by atoms with van der Waals surface area (Å²) in [5, 5.41) is 6.28. The first-order chi connectivity index (χ1) is 8.18. The van der Waals surface area contributed by atoms with Crippen LogP contribution in [0.1, 0.15) is 30.4 Å². The maximum atomic E-state index is 12.1. The molecule has 0 saturated carbocycles. The van der Waals surface area contributed by atoms with E-state index in [1.807, 2.05) is 19.1 Å². The number of amides is 1. The average molecular weight is 269 g/mol. The highest BCUT2D eigenvalue weighted by molar-refractivity contribution is 5.95. The molecule has 3 nitrogen and oxygen atoms in total. The number of hydrogen-bond donors (Lipinski definition) is 2. The highest BCUT2D eigenvalue weighted by atomic mass is 35.5. The van der Waals surface area contributed by atoms with Crippen molar-refractivity contribution in [3.8, 4) is 0 Å². The molecule has 1 aliphatic rings. The third kappa shape index (κ3) is 3.47. The van der Waals surface area contributed by atoms with Crippen LogP contribution in [0.3, 0.4) is 0 Å². The van der Waals surface area contributed by atoms with Crippen LogP contribution >= 0.6 is 12.4 Å². The number of rotatable bonds is 2. The summed E-state index contributed by atoms with van der Waals surface area (Å²) in [6, 6.07) is 5.97. The second-order valence-electron chi connectivity index (χ2n) is 4.74. The Morgan fingerprint density at radius 1 is 1.33 bits per heavy atom. The highest BCUT2D eigenvalue weighted by Gasteiger charge is 2.20. The van der Waals surface area contributed by atoms with E-state index >= 15 is 0 Å². The number of anilines is 1. The van der Waals surface area contributed by atoms with Gasteiger partial charge < -0.3 is 10.6 Å². The Morgan fingerprint density at radius 3 is 2.78 bits per heavy atom. The number of carbonyl (C=O) groups is 1. The van der Waals surface area contributed by atoms with Crippen LogP contribution in [-0.4, -0.2) is 18.5 Å². The van der Waals surface area contributed by atoms with E-state index in [2.05, 4.69) is 23.6 Å². The zero-order chi connectivity index (χ0) is 12.3. The molecule has 100 valence electrons. The highest BCUT2D eigenvalue weighted by Crippen LogP contribution is 2.19. The lowest BCUT2D eigenvalue weighted by atomic mass is 10.0. The molecule has 0 radical (unpaired) electrons. The predicted octanol–water partition coefficient (Wildman–Crippen LogP) is 2.81. The monoisotopic (exact) mass is 268 g/mol. The summed E-state index contributed by atoms with van der Waals surface area (Å²) < 4.78 is 0. The minimum Gasteiger partial charge on any atom is -0.324 e. The summed E-state index contributed by atoms with van der Waals surface area (Å²) >= 11 is 0. The predicted molar refractivity (Wildman–Crippen MR) is 77.4 cm³/mol. The SMILES string of the molecule is Cc1cccc(NC(=O)[C@H]2CCCCN2)c1C.Cl. The summed E-state index contributed by atoms with van der Waals surface area (Å²) in [6.07, 6.45) is 3.25. The Labute approximate surface area is 115 Å². The van der Waals surface area contributed by atoms with Gasteiger partial charge in [0.25, 0.3) is 0 Å². The van der Waals surface area contributed by atoms with E-state index in [0.29, 0.717) is 0 Å². The molecule has 1 heterocycles. The number of piperidine rings is 1. The van der Waals surface area contributed by atoms with Gasteiger partial charge in [-0.1, -0.05) is 18.6 Å². The minimum atomic E-state index is -0.0244. The zero-order valence-corrected chi connectivity index (χ0v) is 11.8. The molecule has 1 aromatic carbocycles. The molecular formula is C14H21ClN2O. The fourth-order valence-electron chi connectivity index (χ4n) is 2.18. The van der Waals surface area contributed by atoms with Crippen molar-refractivity contribution in [2.45, 2.75) is 39.2 Å². The summed E-state index contributed by atoms with van der Waals surface area (Å²) in [5.74, 6) is 0.0957. The Morgan fingerprint density at radius 2 is 2.11 bits per heavy atom. The molecule has 1 amide bonds. The number of aryl methyl sites for hydroxylation is 1. The Balaban J connectivity index is 0.00000162. The van der Waals surface area contributed by atoms with E-state index < -0.39 is 0 Å². The van der Waals surface area contributed by atoms with Crippen molar-refractivity contribution in [3.05, 3.63) is 29.3 Å². The second-order valence-corrected chi connectivity index (χ2v) is 4.74. The molecule has 1 aliphatic heterocycles. The van der Waals surface area contributed by atoms with Gasteiger partial charge in [0.15, 0.2) is 0 Å². The number of benzene rings is 1. The average Bonchev–Trinajstić information content (AvgIpc) is 2.36. The van der Waals surface area contributed by atoms with Gasteiger partial charge in [0.1, 0.15) is 0 Å². The van der Waals surface area contributed by atoms with Gasteiger partial charge in [-0.05, 0) is 50.4 Å². The van der Waals surface area contributed by atoms with Crippen LogP contribution in [0.4, 0.5) is 5.69 Å². The molecule has 18 heavy (non-hydrogen) atoms. The standard InChI is InChI=1S/C14H20N2O.ClH/c1-10-6-5-8-12(11(10)2)16-14(17)13-7-3-4-9-15-13;/h5-6,8,13,15H,3-4,7,9H2,1-2H3,(H,16,17);1H/t13-;/m1./s1. The van der Waals surface area contributed by atoms with Crippen LogP contribution in [0.5, 0.6) is 0 Å². The van der Waals surface area contributed by atoms with Gasteiger partial charge in [-0.15, -0.1) is 12.4 Å². The first kappa shape index (κ1) is 15.0. The third-order valence-corrected chi connectivity index (χ3v) is 3.49. The van der Waals surface area contributed by atoms with Crippen molar-refractivity contribution >= 4 is 24.0 Å². The molecule has 4 heteroatoms. The van der Waals surface area contributed by atoms with Crippen molar-refractivity contribution in [2.24, 2.45) is 0 Å². The molecule has 1 aromatic rings. The largest absolute Gasteiger partial charge is 0.324 e. The first-order valence-electron chi connectivity index (χ1n) is 6.29. The lowest BCUT2D eigenvalue weighted by molar-refractivity contribution is -0.118. The molecule has 1 atom stereocenters. The van der Waals surface area contributed by atoms with Gasteiger partial charge >= 0.3 is 0 Å². The molecular weight excluding hydrogens is 248 g/mol. The maximum absolute atomic E-state index is 12.1. The van der Waals surface area contributed by atoms with Crippen LogP contribution < -0.4 is 10.6 Å². The van der Waals surface area contributed by atoms with Crippen LogP contribution in [-0.2, 0) is 4.79 Å². The van der Waals surface area contributed by atoms with Gasteiger partial charge in [-0.3, -0.25) is 4.79 Å². The third-order valence-electron chi connectivity index (χ3n) is 3.49. The molecule has 0 spiro atoms. The quantitative estimate of drug-likeness (QED) is 0.866. The summed E-state index contributed by atoms with van der Waals surface area (Å²) in [7, 11) is 0. The number of hydrogen-bond acceptors (Lipinski definition) is 2. The summed E-state index contributed by atoms with van der Waals surface area (Å²) in [6.45, 7) is 5.05. The van der Waals surface area contributed by atoms with Crippen LogP contribution in [0.2, 0.25) is 0 Å². The topological polar surface area (TPSA) is 41.1 Å². The molecule has 0 unspecified atom stereocenters. The van der Waals surface area contributed by atoms with Crippen molar-refractivity contribution in [1.82, 2.24) is 5.32 Å². The maximum Gasteiger partial charge on any atom is 0.241 e. The smallest absolute Gasteiger partial charge is 0.241 e. The van der Waals surface area contributed by atoms with E-state index in [1.165, 1.54) is 12.0 Å². The first-order valence-corrected chi connectivity index (χ1v) is 6.29. The normalized spacial score (nSPS) is 18.9. The van der Waals surface area contributed by atoms with Gasteiger partial charge in [0.05, 0.1) is 6.04 Å². The number of halogens is 1. The van der Waals surface area contributed by atoms with E-state index in [0.717, 1.165) is 30.6 Å². The van der Waals surface area contributed by atoms with Gasteiger partial charge in [0.2, 0.25) is 5.91 Å².